The van der Waals surface area contributed by atoms with E-state index in [-0.39, 0.29) is 23.1 Å². The highest BCUT2D eigenvalue weighted by molar-refractivity contribution is 5.96. The van der Waals surface area contributed by atoms with E-state index in [0.29, 0.717) is 13.1 Å². The monoisotopic (exact) mass is 386 g/mol. The Labute approximate surface area is 172 Å². The van der Waals surface area contributed by atoms with Crippen LogP contribution in [0.15, 0.2) is 48.5 Å². The topological polar surface area (TPSA) is 49.4 Å². The number of likely N-dealkylation sites (tertiary alicyclic amines) is 1. The number of anilines is 1. The second-order valence-electron chi connectivity index (χ2n) is 8.39. The molecule has 2 fully saturated rings. The number of hydrogen-bond acceptors (Lipinski definition) is 2. The summed E-state index contributed by atoms with van der Waals surface area (Å²) < 4.78 is 0. The Bertz CT molecular complexity index is 972. The molecule has 0 bridgehead atoms. The molecule has 1 heterocycles. The van der Waals surface area contributed by atoms with E-state index in [2.05, 4.69) is 23.2 Å². The summed E-state index contributed by atoms with van der Waals surface area (Å²) in [4.78, 5) is 26.9. The summed E-state index contributed by atoms with van der Waals surface area (Å²) in [7, 11) is 0. The maximum atomic E-state index is 12.7. The number of rotatable bonds is 2. The van der Waals surface area contributed by atoms with Crippen LogP contribution in [0.2, 0.25) is 0 Å². The zero-order valence-electron chi connectivity index (χ0n) is 17.0. The average Bonchev–Trinajstić information content (AvgIpc) is 3.40. The summed E-state index contributed by atoms with van der Waals surface area (Å²) in [6, 6.07) is 15.7. The third-order valence-electron chi connectivity index (χ3n) is 6.13. The Kier molecular flexibility index (Phi) is 5.15. The van der Waals surface area contributed by atoms with E-state index in [0.717, 1.165) is 41.6 Å². The molecule has 0 aromatic heterocycles. The van der Waals surface area contributed by atoms with E-state index in [9.17, 15) is 9.59 Å². The number of carbonyl (C=O) groups is 2. The van der Waals surface area contributed by atoms with Crippen molar-refractivity contribution in [3.63, 3.8) is 0 Å². The largest absolute Gasteiger partial charge is 0.332 e. The maximum Gasteiger partial charge on any atom is 0.298 e. The molecule has 1 atom stereocenters. The molecule has 1 saturated carbocycles. The van der Waals surface area contributed by atoms with Crippen molar-refractivity contribution in [1.29, 1.82) is 0 Å². The lowest BCUT2D eigenvalue weighted by Crippen LogP contribution is -2.39. The first-order valence-electron chi connectivity index (χ1n) is 10.2. The van der Waals surface area contributed by atoms with Crippen LogP contribution in [0.4, 0.5) is 5.69 Å². The lowest BCUT2D eigenvalue weighted by molar-refractivity contribution is -0.126. The fraction of sp³-hybridized carbons (Fsp3) is 0.360. The Morgan fingerprint density at radius 1 is 1.03 bits per heavy atom. The number of amides is 2. The van der Waals surface area contributed by atoms with E-state index in [1.807, 2.05) is 61.2 Å². The van der Waals surface area contributed by atoms with Crippen molar-refractivity contribution in [2.45, 2.75) is 33.1 Å². The minimum atomic E-state index is -0.124. The number of carbonyl (C=O) groups excluding carboxylic acids is 2. The lowest BCUT2D eigenvalue weighted by Gasteiger charge is -2.31. The first-order chi connectivity index (χ1) is 13.9. The summed E-state index contributed by atoms with van der Waals surface area (Å²) in [6.07, 6.45) is 2.66. The highest BCUT2D eigenvalue weighted by Gasteiger charge is 2.58. The zero-order valence-corrected chi connectivity index (χ0v) is 17.0. The fourth-order valence-electron chi connectivity index (χ4n) is 4.43. The molecule has 1 aliphatic heterocycles. The van der Waals surface area contributed by atoms with Crippen molar-refractivity contribution in [3.8, 4) is 11.8 Å². The Balaban J connectivity index is 1.31. The highest BCUT2D eigenvalue weighted by Crippen LogP contribution is 2.59. The normalized spacial score (nSPS) is 19.2. The van der Waals surface area contributed by atoms with E-state index in [1.165, 1.54) is 0 Å². The molecule has 1 N–H and O–H groups in total. The maximum absolute atomic E-state index is 12.7. The molecule has 0 unspecified atom stereocenters. The van der Waals surface area contributed by atoms with Gasteiger partial charge < -0.3 is 10.2 Å². The van der Waals surface area contributed by atoms with Crippen molar-refractivity contribution in [2.24, 2.45) is 11.3 Å². The minimum absolute atomic E-state index is 0.0518. The second kappa shape index (κ2) is 7.75. The zero-order chi connectivity index (χ0) is 20.4. The summed E-state index contributed by atoms with van der Waals surface area (Å²) >= 11 is 0. The van der Waals surface area contributed by atoms with Gasteiger partial charge in [0.25, 0.3) is 5.91 Å². The molecule has 1 saturated heterocycles. The van der Waals surface area contributed by atoms with Crippen LogP contribution in [-0.2, 0) is 9.59 Å². The average molecular weight is 386 g/mol. The van der Waals surface area contributed by atoms with Gasteiger partial charge in [0.15, 0.2) is 0 Å². The number of nitrogens with one attached hydrogen (secondary N) is 1. The van der Waals surface area contributed by atoms with Gasteiger partial charge in [-0.15, -0.1) is 0 Å². The van der Waals surface area contributed by atoms with Gasteiger partial charge in [-0.3, -0.25) is 9.59 Å². The Morgan fingerprint density at radius 3 is 2.34 bits per heavy atom. The lowest BCUT2D eigenvalue weighted by atomic mass is 9.90. The number of piperidine rings is 1. The number of benzene rings is 2. The third-order valence-corrected chi connectivity index (χ3v) is 6.13. The number of nitrogens with zero attached hydrogens (tertiary/aromatic N) is 1. The summed E-state index contributed by atoms with van der Waals surface area (Å²) in [5.74, 6) is 5.72. The van der Waals surface area contributed by atoms with Crippen molar-refractivity contribution < 1.29 is 9.59 Å². The van der Waals surface area contributed by atoms with E-state index in [4.69, 9.17) is 0 Å². The predicted molar refractivity (Wildman–Crippen MR) is 114 cm³/mol. The smallest absolute Gasteiger partial charge is 0.298 e. The van der Waals surface area contributed by atoms with E-state index >= 15 is 0 Å². The van der Waals surface area contributed by atoms with E-state index in [1.54, 1.807) is 0 Å². The van der Waals surface area contributed by atoms with Crippen molar-refractivity contribution in [2.75, 3.05) is 18.4 Å². The molecule has 2 aromatic rings. The van der Waals surface area contributed by atoms with Crippen LogP contribution < -0.4 is 5.32 Å². The molecule has 1 aliphatic carbocycles. The van der Waals surface area contributed by atoms with Crippen molar-refractivity contribution in [3.05, 3.63) is 65.2 Å². The van der Waals surface area contributed by atoms with Gasteiger partial charge in [-0.1, -0.05) is 30.2 Å². The van der Waals surface area contributed by atoms with Crippen LogP contribution in [0.25, 0.3) is 0 Å². The third kappa shape index (κ3) is 4.35. The van der Waals surface area contributed by atoms with Gasteiger partial charge in [-0.25, -0.2) is 0 Å². The first-order valence-corrected chi connectivity index (χ1v) is 10.2. The quantitative estimate of drug-likeness (QED) is 0.796. The molecule has 4 rings (SSSR count). The van der Waals surface area contributed by atoms with Crippen LogP contribution in [-0.4, -0.2) is 29.8 Å². The molecule has 4 heteroatoms. The van der Waals surface area contributed by atoms with Gasteiger partial charge in [0.1, 0.15) is 0 Å². The molecule has 2 amide bonds. The molecular weight excluding hydrogens is 360 g/mol. The molecule has 29 heavy (non-hydrogen) atoms. The van der Waals surface area contributed by atoms with Gasteiger partial charge in [0.05, 0.1) is 0 Å². The standard InChI is InChI=1S/C25H26N2O2/c1-18-14-19(2)16-21(15-18)26-24(29)22-17-25(22)10-12-27(13-11-25)23(28)9-8-20-6-4-3-5-7-20/h3-7,14-16,22H,10-13,17H2,1-2H3,(H,26,29)/t22-/m1/s1. The molecular formula is C25H26N2O2. The van der Waals surface area contributed by atoms with Gasteiger partial charge in [0.2, 0.25) is 5.91 Å². The number of hydrogen-bond donors (Lipinski definition) is 1. The minimum Gasteiger partial charge on any atom is -0.332 e. The predicted octanol–water partition coefficient (Wildman–Crippen LogP) is 3.92. The molecule has 148 valence electrons. The second-order valence-corrected chi connectivity index (χ2v) is 8.39. The molecule has 4 nitrogen and oxygen atoms in total. The van der Waals surface area contributed by atoms with Gasteiger partial charge in [0, 0.05) is 36.2 Å². The van der Waals surface area contributed by atoms with Gasteiger partial charge in [-0.2, -0.15) is 0 Å². The van der Waals surface area contributed by atoms with E-state index < -0.39 is 0 Å². The van der Waals surface area contributed by atoms with Gasteiger partial charge >= 0.3 is 0 Å². The van der Waals surface area contributed by atoms with Crippen molar-refractivity contribution >= 4 is 17.5 Å². The van der Waals surface area contributed by atoms with Crippen LogP contribution in [0.3, 0.4) is 0 Å². The SMILES string of the molecule is Cc1cc(C)cc(NC(=O)[C@H]2CC23CCN(C(=O)C#Cc2ccccc2)CC3)c1. The van der Waals surface area contributed by atoms with Gasteiger partial charge in [-0.05, 0) is 73.9 Å². The molecule has 1 spiro atoms. The molecule has 2 aromatic carbocycles. The first kappa shape index (κ1) is 19.3. The number of aryl methyl sites for hydroxylation is 2. The highest BCUT2D eigenvalue weighted by atomic mass is 16.2. The van der Waals surface area contributed by atoms with Crippen LogP contribution in [0, 0.1) is 37.0 Å². The fourth-order valence-corrected chi connectivity index (χ4v) is 4.43. The van der Waals surface area contributed by atoms with Crippen molar-refractivity contribution in [1.82, 2.24) is 4.90 Å². The Hall–Kier alpha value is -3.06. The van der Waals surface area contributed by atoms with Crippen LogP contribution in [0.1, 0.15) is 36.0 Å². The molecule has 2 aliphatic rings. The molecule has 0 radical (unpaired) electrons. The summed E-state index contributed by atoms with van der Waals surface area (Å²) in [5.41, 5.74) is 4.08. The summed E-state index contributed by atoms with van der Waals surface area (Å²) in [5, 5.41) is 3.09. The van der Waals surface area contributed by atoms with Crippen LogP contribution >= 0.6 is 0 Å². The Morgan fingerprint density at radius 2 is 1.69 bits per heavy atom. The summed E-state index contributed by atoms with van der Waals surface area (Å²) in [6.45, 7) is 5.43. The van der Waals surface area contributed by atoms with Crippen LogP contribution in [0.5, 0.6) is 0 Å².